The van der Waals surface area contributed by atoms with Crippen molar-refractivity contribution in [1.29, 1.82) is 0 Å². The van der Waals surface area contributed by atoms with Gasteiger partial charge in [-0.15, -0.1) is 11.6 Å². The summed E-state index contributed by atoms with van der Waals surface area (Å²) in [6.07, 6.45) is 1.75. The van der Waals surface area contributed by atoms with Crippen molar-refractivity contribution in [2.45, 2.75) is 19.8 Å². The molecular weight excluding hydrogens is 257 g/mol. The van der Waals surface area contributed by atoms with Gasteiger partial charge in [-0.1, -0.05) is 6.92 Å². The predicted octanol–water partition coefficient (Wildman–Crippen LogP) is 2.92. The monoisotopic (exact) mass is 273 g/mol. The Kier molecular flexibility index (Phi) is 5.92. The number of phenols is 1. The fraction of sp³-hybridized carbons (Fsp3) is 0.462. The Bertz CT molecular complexity index is 412. The van der Waals surface area contributed by atoms with Crippen molar-refractivity contribution in [3.05, 3.63) is 29.6 Å². The molecule has 1 amide bonds. The first-order valence-electron chi connectivity index (χ1n) is 5.87. The lowest BCUT2D eigenvalue weighted by molar-refractivity contribution is 0.0950. The fourth-order valence-electron chi connectivity index (χ4n) is 1.52. The number of benzene rings is 1. The number of nitrogens with one attached hydrogen (secondary N) is 1. The van der Waals surface area contributed by atoms with Crippen molar-refractivity contribution >= 4 is 17.5 Å². The first kappa shape index (κ1) is 14.8. The maximum Gasteiger partial charge on any atom is 0.255 e. The van der Waals surface area contributed by atoms with E-state index in [2.05, 4.69) is 5.32 Å². The number of carbonyl (C=O) groups is 1. The van der Waals surface area contributed by atoms with Crippen LogP contribution in [0.1, 0.15) is 30.1 Å². The minimum absolute atomic E-state index is 0.0850. The van der Waals surface area contributed by atoms with Gasteiger partial charge in [0, 0.05) is 18.5 Å². The van der Waals surface area contributed by atoms with E-state index in [9.17, 15) is 14.3 Å². The van der Waals surface area contributed by atoms with Crippen molar-refractivity contribution in [1.82, 2.24) is 5.32 Å². The van der Waals surface area contributed by atoms with Crippen LogP contribution in [0.5, 0.6) is 5.75 Å². The third-order valence-electron chi connectivity index (χ3n) is 2.63. The van der Waals surface area contributed by atoms with Crippen LogP contribution in [0.25, 0.3) is 0 Å². The molecule has 5 heteroatoms. The summed E-state index contributed by atoms with van der Waals surface area (Å²) in [4.78, 5) is 11.7. The van der Waals surface area contributed by atoms with Gasteiger partial charge in [-0.2, -0.15) is 0 Å². The summed E-state index contributed by atoms with van der Waals surface area (Å²) in [5.74, 6) is -0.289. The van der Waals surface area contributed by atoms with Gasteiger partial charge in [0.25, 0.3) is 5.91 Å². The van der Waals surface area contributed by atoms with E-state index in [1.807, 2.05) is 6.92 Å². The standard InChI is InChI=1S/C13H17ClFNO2/c1-9(8-14)3-2-6-16-13(18)11-5-4-10(15)7-12(11)17/h4-5,7,9,17H,2-3,6,8H2,1H3,(H,16,18). The molecule has 18 heavy (non-hydrogen) atoms. The zero-order valence-corrected chi connectivity index (χ0v) is 11.0. The first-order valence-corrected chi connectivity index (χ1v) is 6.40. The number of amides is 1. The quantitative estimate of drug-likeness (QED) is 0.618. The van der Waals surface area contributed by atoms with Crippen LogP contribution in [0.15, 0.2) is 18.2 Å². The average Bonchev–Trinajstić information content (AvgIpc) is 2.34. The molecule has 0 aliphatic rings. The highest BCUT2D eigenvalue weighted by atomic mass is 35.5. The second-order valence-electron chi connectivity index (χ2n) is 4.32. The largest absolute Gasteiger partial charge is 0.507 e. The molecule has 0 aliphatic carbocycles. The molecule has 0 bridgehead atoms. The summed E-state index contributed by atoms with van der Waals surface area (Å²) in [6.45, 7) is 2.55. The second-order valence-corrected chi connectivity index (χ2v) is 4.63. The fourth-order valence-corrected chi connectivity index (χ4v) is 1.68. The third kappa shape index (κ3) is 4.53. The van der Waals surface area contributed by atoms with Crippen molar-refractivity contribution in [3.63, 3.8) is 0 Å². The Hall–Kier alpha value is -1.29. The van der Waals surface area contributed by atoms with Gasteiger partial charge in [-0.3, -0.25) is 4.79 Å². The lowest BCUT2D eigenvalue weighted by atomic mass is 10.1. The van der Waals surface area contributed by atoms with E-state index >= 15 is 0 Å². The molecule has 0 aliphatic heterocycles. The minimum Gasteiger partial charge on any atom is -0.507 e. The number of aromatic hydroxyl groups is 1. The van der Waals surface area contributed by atoms with E-state index in [1.165, 1.54) is 6.07 Å². The SMILES string of the molecule is CC(CCl)CCCNC(=O)c1ccc(F)cc1O. The third-order valence-corrected chi connectivity index (χ3v) is 3.15. The van der Waals surface area contributed by atoms with Gasteiger partial charge in [-0.05, 0) is 30.9 Å². The van der Waals surface area contributed by atoms with E-state index in [-0.39, 0.29) is 11.3 Å². The molecule has 0 spiro atoms. The summed E-state index contributed by atoms with van der Waals surface area (Å²) in [5, 5.41) is 12.1. The van der Waals surface area contributed by atoms with Gasteiger partial charge in [-0.25, -0.2) is 4.39 Å². The van der Waals surface area contributed by atoms with Gasteiger partial charge >= 0.3 is 0 Å². The highest BCUT2D eigenvalue weighted by molar-refractivity contribution is 6.18. The molecule has 100 valence electrons. The van der Waals surface area contributed by atoms with E-state index < -0.39 is 11.7 Å². The van der Waals surface area contributed by atoms with Crippen LogP contribution in [0, 0.1) is 11.7 Å². The van der Waals surface area contributed by atoms with Crippen LogP contribution in [0.3, 0.4) is 0 Å². The summed E-state index contributed by atoms with van der Waals surface area (Å²) in [7, 11) is 0. The van der Waals surface area contributed by atoms with Gasteiger partial charge in [0.2, 0.25) is 0 Å². The van der Waals surface area contributed by atoms with E-state index in [4.69, 9.17) is 11.6 Å². The Morgan fingerprint density at radius 1 is 1.56 bits per heavy atom. The van der Waals surface area contributed by atoms with Crippen LogP contribution < -0.4 is 5.32 Å². The molecule has 0 saturated heterocycles. The molecule has 0 aromatic heterocycles. The van der Waals surface area contributed by atoms with Crippen molar-refractivity contribution in [2.24, 2.45) is 5.92 Å². The number of halogens is 2. The molecule has 0 heterocycles. The zero-order valence-electron chi connectivity index (χ0n) is 10.2. The normalized spacial score (nSPS) is 12.2. The maximum atomic E-state index is 12.7. The number of carbonyl (C=O) groups excluding carboxylic acids is 1. The van der Waals surface area contributed by atoms with E-state index in [0.717, 1.165) is 25.0 Å². The lowest BCUT2D eigenvalue weighted by Gasteiger charge is -2.09. The number of rotatable bonds is 6. The topological polar surface area (TPSA) is 49.3 Å². The van der Waals surface area contributed by atoms with E-state index in [1.54, 1.807) is 0 Å². The van der Waals surface area contributed by atoms with Crippen LogP contribution in [-0.2, 0) is 0 Å². The molecule has 0 fully saturated rings. The summed E-state index contributed by atoms with van der Waals surface area (Å²) in [6, 6.07) is 3.33. The summed E-state index contributed by atoms with van der Waals surface area (Å²) >= 11 is 5.67. The molecule has 0 radical (unpaired) electrons. The second kappa shape index (κ2) is 7.21. The molecular formula is C13H17ClFNO2. The summed E-state index contributed by atoms with van der Waals surface area (Å²) in [5.41, 5.74) is 0.0850. The predicted molar refractivity (Wildman–Crippen MR) is 69.5 cm³/mol. The van der Waals surface area contributed by atoms with Crippen molar-refractivity contribution < 1.29 is 14.3 Å². The van der Waals surface area contributed by atoms with E-state index in [0.29, 0.717) is 18.3 Å². The smallest absolute Gasteiger partial charge is 0.255 e. The average molecular weight is 274 g/mol. The molecule has 1 rings (SSSR count). The summed E-state index contributed by atoms with van der Waals surface area (Å²) < 4.78 is 12.7. The van der Waals surface area contributed by atoms with Gasteiger partial charge < -0.3 is 10.4 Å². The number of alkyl halides is 1. The number of phenolic OH excluding ortho intramolecular Hbond substituents is 1. The van der Waals surface area contributed by atoms with Crippen LogP contribution in [-0.4, -0.2) is 23.4 Å². The lowest BCUT2D eigenvalue weighted by Crippen LogP contribution is -2.24. The Labute approximate surface area is 111 Å². The molecule has 1 aromatic rings. The highest BCUT2D eigenvalue weighted by Gasteiger charge is 2.11. The van der Waals surface area contributed by atoms with Gasteiger partial charge in [0.15, 0.2) is 0 Å². The van der Waals surface area contributed by atoms with Crippen LogP contribution >= 0.6 is 11.6 Å². The molecule has 0 saturated carbocycles. The molecule has 1 aromatic carbocycles. The minimum atomic E-state index is -0.569. The number of hydrogen-bond acceptors (Lipinski definition) is 2. The Morgan fingerprint density at radius 2 is 2.28 bits per heavy atom. The molecule has 2 N–H and O–H groups in total. The van der Waals surface area contributed by atoms with Crippen molar-refractivity contribution in [2.75, 3.05) is 12.4 Å². The van der Waals surface area contributed by atoms with Crippen LogP contribution in [0.2, 0.25) is 0 Å². The highest BCUT2D eigenvalue weighted by Crippen LogP contribution is 2.17. The first-order chi connectivity index (χ1) is 8.54. The van der Waals surface area contributed by atoms with Crippen molar-refractivity contribution in [3.8, 4) is 5.75 Å². The number of hydrogen-bond donors (Lipinski definition) is 2. The Morgan fingerprint density at radius 3 is 2.89 bits per heavy atom. The van der Waals surface area contributed by atoms with Gasteiger partial charge in [0.05, 0.1) is 5.56 Å². The molecule has 3 nitrogen and oxygen atoms in total. The molecule has 1 unspecified atom stereocenters. The van der Waals surface area contributed by atoms with Crippen LogP contribution in [0.4, 0.5) is 4.39 Å². The maximum absolute atomic E-state index is 12.7. The Balaban J connectivity index is 2.41. The van der Waals surface area contributed by atoms with Gasteiger partial charge in [0.1, 0.15) is 11.6 Å². The molecule has 1 atom stereocenters. The zero-order chi connectivity index (χ0) is 13.5.